The molecule has 0 saturated carbocycles. The van der Waals surface area contributed by atoms with Gasteiger partial charge in [0.05, 0.1) is 7.11 Å². The molecular formula is C12H16ClF2NOSi. The Balaban J connectivity index is 3.23. The molecule has 0 amide bonds. The van der Waals surface area contributed by atoms with E-state index >= 15 is 0 Å². The van der Waals surface area contributed by atoms with Gasteiger partial charge in [0.2, 0.25) is 0 Å². The van der Waals surface area contributed by atoms with Crippen molar-refractivity contribution in [3.05, 3.63) is 35.5 Å². The predicted molar refractivity (Wildman–Crippen MR) is 73.9 cm³/mol. The van der Waals surface area contributed by atoms with Crippen molar-refractivity contribution in [2.45, 2.75) is 19.6 Å². The monoisotopic (exact) mass is 291 g/mol. The van der Waals surface area contributed by atoms with E-state index in [1.165, 1.54) is 4.57 Å². The lowest BCUT2D eigenvalue weighted by atomic mass is 10.3. The molecule has 0 aromatic heterocycles. The maximum absolute atomic E-state index is 12.7. The Labute approximate surface area is 112 Å². The molecule has 100 valence electrons. The second-order valence-electron chi connectivity index (χ2n) is 4.76. The van der Waals surface area contributed by atoms with Gasteiger partial charge in [-0.15, -0.1) is 0 Å². The first kappa shape index (κ1) is 15.0. The first-order chi connectivity index (χ1) is 8.27. The van der Waals surface area contributed by atoms with Crippen molar-refractivity contribution in [2.24, 2.45) is 0 Å². The lowest BCUT2D eigenvalue weighted by Crippen LogP contribution is -2.44. The van der Waals surface area contributed by atoms with Crippen LogP contribution in [0.3, 0.4) is 0 Å². The SMILES string of the molecule is COc1ccc(N(C(Cl)=C(F)F)[Si](C)(C)C)cc1. The van der Waals surface area contributed by atoms with E-state index in [0.29, 0.717) is 11.4 Å². The van der Waals surface area contributed by atoms with Crippen LogP contribution >= 0.6 is 11.6 Å². The quantitative estimate of drug-likeness (QED) is 0.592. The summed E-state index contributed by atoms with van der Waals surface area (Å²) in [5.41, 5.74) is 0.646. The van der Waals surface area contributed by atoms with Crippen LogP contribution in [0.2, 0.25) is 19.6 Å². The highest BCUT2D eigenvalue weighted by Crippen LogP contribution is 2.31. The molecule has 1 aromatic carbocycles. The summed E-state index contributed by atoms with van der Waals surface area (Å²) in [4.78, 5) is 0. The fraction of sp³-hybridized carbons (Fsp3) is 0.333. The van der Waals surface area contributed by atoms with Crippen molar-refractivity contribution in [3.8, 4) is 5.75 Å². The molecule has 0 spiro atoms. The lowest BCUT2D eigenvalue weighted by Gasteiger charge is -2.35. The van der Waals surface area contributed by atoms with Crippen LogP contribution in [0.15, 0.2) is 35.5 Å². The molecule has 0 saturated heterocycles. The zero-order chi connectivity index (χ0) is 13.9. The van der Waals surface area contributed by atoms with Crippen molar-refractivity contribution in [2.75, 3.05) is 11.7 Å². The lowest BCUT2D eigenvalue weighted by molar-refractivity contribution is 0.414. The van der Waals surface area contributed by atoms with Gasteiger partial charge in [0.15, 0.2) is 13.4 Å². The van der Waals surface area contributed by atoms with Gasteiger partial charge in [-0.05, 0) is 24.3 Å². The molecule has 6 heteroatoms. The van der Waals surface area contributed by atoms with Gasteiger partial charge in [-0.1, -0.05) is 31.2 Å². The number of hydrogen-bond acceptors (Lipinski definition) is 2. The summed E-state index contributed by atoms with van der Waals surface area (Å²) in [7, 11) is -0.503. The van der Waals surface area contributed by atoms with Crippen LogP contribution in [0.1, 0.15) is 0 Å². The van der Waals surface area contributed by atoms with E-state index in [9.17, 15) is 8.78 Å². The molecule has 0 radical (unpaired) electrons. The molecule has 0 aliphatic carbocycles. The van der Waals surface area contributed by atoms with E-state index in [-0.39, 0.29) is 0 Å². The maximum Gasteiger partial charge on any atom is 0.304 e. The summed E-state index contributed by atoms with van der Waals surface area (Å²) in [5, 5.41) is -0.501. The summed E-state index contributed by atoms with van der Waals surface area (Å²) < 4.78 is 32.0. The first-order valence-electron chi connectivity index (χ1n) is 5.42. The molecule has 18 heavy (non-hydrogen) atoms. The van der Waals surface area contributed by atoms with Gasteiger partial charge in [-0.25, -0.2) is 0 Å². The van der Waals surface area contributed by atoms with Crippen LogP contribution in [0.5, 0.6) is 5.75 Å². The number of methoxy groups -OCH3 is 1. The predicted octanol–water partition coefficient (Wildman–Crippen LogP) is 4.64. The molecule has 0 fully saturated rings. The van der Waals surface area contributed by atoms with Crippen LogP contribution in [0, 0.1) is 0 Å². The van der Waals surface area contributed by atoms with Crippen LogP contribution in [-0.2, 0) is 0 Å². The average molecular weight is 292 g/mol. The Hall–Kier alpha value is -1.07. The Kier molecular flexibility index (Phi) is 4.75. The van der Waals surface area contributed by atoms with Gasteiger partial charge in [0.25, 0.3) is 0 Å². The van der Waals surface area contributed by atoms with Gasteiger partial charge in [0, 0.05) is 5.69 Å². The van der Waals surface area contributed by atoms with Crippen LogP contribution in [0.4, 0.5) is 14.5 Å². The average Bonchev–Trinajstić information content (AvgIpc) is 2.28. The Morgan fingerprint density at radius 1 is 1.17 bits per heavy atom. The van der Waals surface area contributed by atoms with Crippen molar-refractivity contribution in [1.29, 1.82) is 0 Å². The standard InChI is InChI=1S/C12H16ClF2NOSi/c1-17-10-7-5-9(6-8-10)16(18(2,3)4)11(13)12(14)15/h5-8H,1-4H3. The summed E-state index contributed by atoms with van der Waals surface area (Å²) in [6.45, 7) is 5.84. The van der Waals surface area contributed by atoms with E-state index in [4.69, 9.17) is 16.3 Å². The number of halogens is 3. The summed E-state index contributed by atoms with van der Waals surface area (Å²) in [5.74, 6) is 0.676. The summed E-state index contributed by atoms with van der Waals surface area (Å²) >= 11 is 5.73. The number of hydrogen-bond donors (Lipinski definition) is 0. The second kappa shape index (κ2) is 5.71. The minimum absolute atomic E-state index is 0.501. The molecule has 2 nitrogen and oxygen atoms in total. The number of ether oxygens (including phenoxy) is 1. The van der Waals surface area contributed by atoms with E-state index < -0.39 is 19.5 Å². The molecule has 0 bridgehead atoms. The molecule has 0 N–H and O–H groups in total. The molecule has 0 aliphatic heterocycles. The minimum atomic E-state index is -2.06. The largest absolute Gasteiger partial charge is 0.497 e. The normalized spacial score (nSPS) is 11.1. The van der Waals surface area contributed by atoms with Gasteiger partial charge < -0.3 is 9.30 Å². The Morgan fingerprint density at radius 3 is 2.00 bits per heavy atom. The Morgan fingerprint density at radius 2 is 1.67 bits per heavy atom. The zero-order valence-electron chi connectivity index (χ0n) is 10.8. The maximum atomic E-state index is 12.7. The van der Waals surface area contributed by atoms with Crippen molar-refractivity contribution in [1.82, 2.24) is 0 Å². The van der Waals surface area contributed by atoms with E-state index in [0.717, 1.165) is 0 Å². The number of rotatable bonds is 4. The molecule has 1 rings (SSSR count). The molecule has 0 aliphatic rings. The highest BCUT2D eigenvalue weighted by Gasteiger charge is 2.29. The van der Waals surface area contributed by atoms with Gasteiger partial charge in [-0.2, -0.15) is 8.78 Å². The van der Waals surface area contributed by atoms with E-state index in [1.54, 1.807) is 31.4 Å². The fourth-order valence-electron chi connectivity index (χ4n) is 1.61. The number of anilines is 1. The van der Waals surface area contributed by atoms with E-state index in [2.05, 4.69) is 0 Å². The highest BCUT2D eigenvalue weighted by atomic mass is 35.5. The third kappa shape index (κ3) is 3.46. The van der Waals surface area contributed by atoms with Crippen LogP contribution in [0.25, 0.3) is 0 Å². The first-order valence-corrected chi connectivity index (χ1v) is 9.25. The number of nitrogens with zero attached hydrogens (tertiary/aromatic N) is 1. The van der Waals surface area contributed by atoms with Crippen molar-refractivity contribution >= 4 is 25.5 Å². The molecule has 1 aromatic rings. The van der Waals surface area contributed by atoms with E-state index in [1.807, 2.05) is 19.6 Å². The molecule has 0 heterocycles. The third-order valence-corrected chi connectivity index (χ3v) is 4.63. The molecule has 0 atom stereocenters. The summed E-state index contributed by atoms with van der Waals surface area (Å²) in [6, 6.07) is 6.90. The van der Waals surface area contributed by atoms with Gasteiger partial charge in [-0.3, -0.25) is 0 Å². The highest BCUT2D eigenvalue weighted by molar-refractivity contribution is 6.81. The Bertz CT molecular complexity index is 438. The molecule has 0 unspecified atom stereocenters. The van der Waals surface area contributed by atoms with Crippen molar-refractivity contribution < 1.29 is 13.5 Å². The number of benzene rings is 1. The third-order valence-electron chi connectivity index (χ3n) is 2.35. The van der Waals surface area contributed by atoms with Crippen molar-refractivity contribution in [3.63, 3.8) is 0 Å². The second-order valence-corrected chi connectivity index (χ2v) is 9.90. The fourth-order valence-corrected chi connectivity index (χ4v) is 4.07. The molecular weight excluding hydrogens is 276 g/mol. The topological polar surface area (TPSA) is 12.5 Å². The van der Waals surface area contributed by atoms with Crippen LogP contribution in [-0.4, -0.2) is 15.3 Å². The van der Waals surface area contributed by atoms with Crippen LogP contribution < -0.4 is 9.30 Å². The van der Waals surface area contributed by atoms with Gasteiger partial charge in [0.1, 0.15) is 5.75 Å². The van der Waals surface area contributed by atoms with Gasteiger partial charge >= 0.3 is 6.08 Å². The minimum Gasteiger partial charge on any atom is -0.497 e. The summed E-state index contributed by atoms with van der Waals surface area (Å²) in [6.07, 6.45) is -1.87. The smallest absolute Gasteiger partial charge is 0.304 e. The zero-order valence-corrected chi connectivity index (χ0v) is 12.6.